The van der Waals surface area contributed by atoms with Crippen molar-refractivity contribution in [1.82, 2.24) is 14.9 Å². The van der Waals surface area contributed by atoms with E-state index in [-0.39, 0.29) is 16.7 Å². The van der Waals surface area contributed by atoms with Crippen molar-refractivity contribution in [3.8, 4) is 0 Å². The summed E-state index contributed by atoms with van der Waals surface area (Å²) < 4.78 is 1.57. The summed E-state index contributed by atoms with van der Waals surface area (Å²) in [6.07, 6.45) is 6.30. The van der Waals surface area contributed by atoms with Gasteiger partial charge in [-0.1, -0.05) is 31.0 Å². The molecule has 1 N–H and O–H groups in total. The zero-order valence-corrected chi connectivity index (χ0v) is 17.6. The van der Waals surface area contributed by atoms with E-state index in [0.717, 1.165) is 21.8 Å². The minimum atomic E-state index is -0.281. The van der Waals surface area contributed by atoms with E-state index in [9.17, 15) is 9.59 Å². The molecule has 142 valence electrons. The first kappa shape index (κ1) is 19.4. The summed E-state index contributed by atoms with van der Waals surface area (Å²) in [5, 5.41) is 4.11. The summed E-state index contributed by atoms with van der Waals surface area (Å²) >= 11 is 2.90. The van der Waals surface area contributed by atoms with Crippen molar-refractivity contribution in [3.63, 3.8) is 0 Å². The van der Waals surface area contributed by atoms with E-state index >= 15 is 0 Å². The Labute approximate surface area is 162 Å². The first-order chi connectivity index (χ1) is 12.4. The second-order valence-electron chi connectivity index (χ2n) is 7.23. The number of thioether (sulfide) groups is 1. The first-order valence-electron chi connectivity index (χ1n) is 9.29. The molecule has 26 heavy (non-hydrogen) atoms. The highest BCUT2D eigenvalue weighted by Crippen LogP contribution is 2.29. The number of nitrogens with zero attached hydrogens (tertiary/aromatic N) is 2. The van der Waals surface area contributed by atoms with Gasteiger partial charge in [0.05, 0.1) is 10.6 Å². The molecule has 0 spiro atoms. The Balaban J connectivity index is 1.70. The molecular weight excluding hydrogens is 366 g/mol. The van der Waals surface area contributed by atoms with Crippen molar-refractivity contribution in [3.05, 3.63) is 20.8 Å². The molecule has 0 aromatic carbocycles. The van der Waals surface area contributed by atoms with Crippen LogP contribution >= 0.6 is 23.1 Å². The molecule has 1 amide bonds. The summed E-state index contributed by atoms with van der Waals surface area (Å²) in [4.78, 5) is 31.7. The Hall–Kier alpha value is -1.34. The second-order valence-corrected chi connectivity index (χ2v) is 9.74. The van der Waals surface area contributed by atoms with Gasteiger partial charge < -0.3 is 5.32 Å². The van der Waals surface area contributed by atoms with E-state index in [1.165, 1.54) is 43.9 Å². The van der Waals surface area contributed by atoms with Crippen molar-refractivity contribution in [1.29, 1.82) is 0 Å². The molecule has 2 aromatic rings. The van der Waals surface area contributed by atoms with Crippen LogP contribution in [0.2, 0.25) is 0 Å². The smallest absolute Gasteiger partial charge is 0.262 e. The fourth-order valence-corrected chi connectivity index (χ4v) is 5.42. The van der Waals surface area contributed by atoms with Crippen LogP contribution < -0.4 is 10.9 Å². The van der Waals surface area contributed by atoms with Crippen LogP contribution in [-0.4, -0.2) is 27.3 Å². The Bertz CT molecular complexity index is 866. The topological polar surface area (TPSA) is 64.0 Å². The van der Waals surface area contributed by atoms with Gasteiger partial charge in [-0.15, -0.1) is 11.3 Å². The van der Waals surface area contributed by atoms with E-state index in [4.69, 9.17) is 0 Å². The molecule has 0 bridgehead atoms. The second kappa shape index (κ2) is 8.13. The Morgan fingerprint density at radius 2 is 2.04 bits per heavy atom. The third-order valence-corrected chi connectivity index (χ3v) is 7.56. The number of nitrogens with one attached hydrogen (secondary N) is 1. The highest BCUT2D eigenvalue weighted by atomic mass is 32.2. The van der Waals surface area contributed by atoms with Crippen LogP contribution in [0.3, 0.4) is 0 Å². The molecule has 5 nitrogen and oxygen atoms in total. The van der Waals surface area contributed by atoms with Crippen LogP contribution in [0.15, 0.2) is 9.95 Å². The third-order valence-electron chi connectivity index (χ3n) is 5.31. The monoisotopic (exact) mass is 393 g/mol. The van der Waals surface area contributed by atoms with Crippen LogP contribution in [0.5, 0.6) is 0 Å². The van der Waals surface area contributed by atoms with Gasteiger partial charge in [0, 0.05) is 18.5 Å². The number of rotatable bonds is 5. The zero-order chi connectivity index (χ0) is 18.8. The van der Waals surface area contributed by atoms with E-state index in [0.29, 0.717) is 16.5 Å². The molecule has 2 heterocycles. The normalized spacial score (nSPS) is 16.8. The van der Waals surface area contributed by atoms with Gasteiger partial charge in [0.15, 0.2) is 5.16 Å². The Morgan fingerprint density at radius 1 is 1.35 bits per heavy atom. The van der Waals surface area contributed by atoms with E-state index in [1.54, 1.807) is 23.0 Å². The van der Waals surface area contributed by atoms with E-state index < -0.39 is 0 Å². The Morgan fingerprint density at radius 3 is 2.73 bits per heavy atom. The van der Waals surface area contributed by atoms with Crippen molar-refractivity contribution in [2.45, 2.75) is 63.3 Å². The molecule has 0 aliphatic heterocycles. The molecule has 1 aliphatic carbocycles. The molecule has 3 rings (SSSR count). The predicted molar refractivity (Wildman–Crippen MR) is 109 cm³/mol. The third kappa shape index (κ3) is 3.98. The maximum atomic E-state index is 12.7. The van der Waals surface area contributed by atoms with Gasteiger partial charge in [-0.2, -0.15) is 0 Å². The highest BCUT2D eigenvalue weighted by Gasteiger charge is 2.21. The van der Waals surface area contributed by atoms with E-state index in [2.05, 4.69) is 10.3 Å². The number of thiophene rings is 1. The van der Waals surface area contributed by atoms with E-state index in [1.807, 2.05) is 20.8 Å². The largest absolute Gasteiger partial charge is 0.355 e. The van der Waals surface area contributed by atoms with Crippen molar-refractivity contribution in [2.75, 3.05) is 6.54 Å². The zero-order valence-electron chi connectivity index (χ0n) is 15.9. The standard InChI is InChI=1S/C19H27N3O2S2/c1-11-12(2)25-17-15(11)18(24)22(4)19(21-17)26-13(3)16(23)20-10-14-8-6-5-7-9-14/h13-14H,5-10H2,1-4H3,(H,20,23). The van der Waals surface area contributed by atoms with Crippen LogP contribution in [0, 0.1) is 19.8 Å². The predicted octanol–water partition coefficient (Wildman–Crippen LogP) is 3.79. The summed E-state index contributed by atoms with van der Waals surface area (Å²) in [5.41, 5.74) is 0.974. The number of aromatic nitrogens is 2. The average Bonchev–Trinajstić information content (AvgIpc) is 2.92. The van der Waals surface area contributed by atoms with Crippen molar-refractivity contribution in [2.24, 2.45) is 13.0 Å². The van der Waals surface area contributed by atoms with Crippen molar-refractivity contribution >= 4 is 39.2 Å². The summed E-state index contributed by atoms with van der Waals surface area (Å²) in [6, 6.07) is 0. The maximum absolute atomic E-state index is 12.7. The summed E-state index contributed by atoms with van der Waals surface area (Å²) in [5.74, 6) is 0.634. The van der Waals surface area contributed by atoms with Crippen molar-refractivity contribution < 1.29 is 4.79 Å². The molecule has 1 unspecified atom stereocenters. The molecule has 0 radical (unpaired) electrons. The van der Waals surface area contributed by atoms with Gasteiger partial charge in [-0.05, 0) is 45.1 Å². The quantitative estimate of drug-likeness (QED) is 0.620. The highest BCUT2D eigenvalue weighted by molar-refractivity contribution is 8.00. The molecule has 1 atom stereocenters. The number of carbonyl (C=O) groups is 1. The van der Waals surface area contributed by atoms with Gasteiger partial charge in [-0.25, -0.2) is 4.98 Å². The fraction of sp³-hybridized carbons (Fsp3) is 0.632. The van der Waals surface area contributed by atoms with Gasteiger partial charge >= 0.3 is 0 Å². The minimum absolute atomic E-state index is 0.0217. The fourth-order valence-electron chi connectivity index (χ4n) is 3.45. The van der Waals surface area contributed by atoms with Gasteiger partial charge in [0.25, 0.3) is 5.56 Å². The number of amides is 1. The lowest BCUT2D eigenvalue weighted by molar-refractivity contribution is -0.120. The molecule has 2 aromatic heterocycles. The molecule has 0 saturated heterocycles. The lowest BCUT2D eigenvalue weighted by Crippen LogP contribution is -2.35. The first-order valence-corrected chi connectivity index (χ1v) is 11.0. The number of carbonyl (C=O) groups excluding carboxylic acids is 1. The lowest BCUT2D eigenvalue weighted by atomic mass is 9.89. The van der Waals surface area contributed by atoms with Gasteiger partial charge in [-0.3, -0.25) is 14.2 Å². The average molecular weight is 394 g/mol. The molecular formula is C19H27N3O2S2. The van der Waals surface area contributed by atoms with Gasteiger partial charge in [0.1, 0.15) is 4.83 Å². The SMILES string of the molecule is Cc1sc2nc(SC(C)C(=O)NCC3CCCCC3)n(C)c(=O)c2c1C. The number of aryl methyl sites for hydroxylation is 2. The summed E-state index contributed by atoms with van der Waals surface area (Å²) in [6.45, 7) is 6.61. The van der Waals surface area contributed by atoms with Gasteiger partial charge in [0.2, 0.25) is 5.91 Å². The minimum Gasteiger partial charge on any atom is -0.355 e. The maximum Gasteiger partial charge on any atom is 0.262 e. The number of hydrogen-bond donors (Lipinski definition) is 1. The summed E-state index contributed by atoms with van der Waals surface area (Å²) in [7, 11) is 1.73. The molecule has 7 heteroatoms. The Kier molecular flexibility index (Phi) is 6.07. The van der Waals surface area contributed by atoms with Crippen LogP contribution in [-0.2, 0) is 11.8 Å². The lowest BCUT2D eigenvalue weighted by Gasteiger charge is -2.22. The number of hydrogen-bond acceptors (Lipinski definition) is 5. The van der Waals surface area contributed by atoms with Crippen LogP contribution in [0.1, 0.15) is 49.5 Å². The number of fused-ring (bicyclic) bond motifs is 1. The molecule has 1 fully saturated rings. The van der Waals surface area contributed by atoms with Crippen LogP contribution in [0.25, 0.3) is 10.2 Å². The molecule has 1 saturated carbocycles. The molecule has 1 aliphatic rings. The van der Waals surface area contributed by atoms with Crippen LogP contribution in [0.4, 0.5) is 0 Å².